The summed E-state index contributed by atoms with van der Waals surface area (Å²) in [7, 11) is 0. The SMILES string of the molecule is CC(C)(O)COc1cnc2[nH]cc(C=CC(N)=O)c2c1. The summed E-state index contributed by atoms with van der Waals surface area (Å²) in [5, 5.41) is 10.5. The molecule has 0 unspecified atom stereocenters. The Hall–Kier alpha value is -2.34. The van der Waals surface area contributed by atoms with Crippen molar-refractivity contribution in [2.45, 2.75) is 19.4 Å². The van der Waals surface area contributed by atoms with Crippen molar-refractivity contribution in [3.63, 3.8) is 0 Å². The lowest BCUT2D eigenvalue weighted by Crippen LogP contribution is -2.27. The number of hydrogen-bond acceptors (Lipinski definition) is 4. The summed E-state index contributed by atoms with van der Waals surface area (Å²) in [4.78, 5) is 18.0. The average Bonchev–Trinajstić information content (AvgIpc) is 2.75. The Bertz CT molecular complexity index is 653. The summed E-state index contributed by atoms with van der Waals surface area (Å²) in [6.07, 6.45) is 6.21. The molecule has 0 aliphatic rings. The summed E-state index contributed by atoms with van der Waals surface area (Å²) in [5.74, 6) is 0.0368. The quantitative estimate of drug-likeness (QED) is 0.714. The van der Waals surface area contributed by atoms with Gasteiger partial charge in [0.1, 0.15) is 18.0 Å². The number of nitrogens with one attached hydrogen (secondary N) is 1. The van der Waals surface area contributed by atoms with Crippen LogP contribution in [0.15, 0.2) is 24.5 Å². The molecule has 2 aromatic rings. The maximum Gasteiger partial charge on any atom is 0.241 e. The number of pyridine rings is 1. The second-order valence-corrected chi connectivity index (χ2v) is 5.15. The van der Waals surface area contributed by atoms with Crippen LogP contribution in [0.25, 0.3) is 17.1 Å². The summed E-state index contributed by atoms with van der Waals surface area (Å²) >= 11 is 0. The molecule has 6 heteroatoms. The van der Waals surface area contributed by atoms with Gasteiger partial charge in [-0.25, -0.2) is 4.98 Å². The Kier molecular flexibility index (Phi) is 3.76. The average molecular weight is 275 g/mol. The Morgan fingerprint density at radius 2 is 2.35 bits per heavy atom. The van der Waals surface area contributed by atoms with Crippen LogP contribution < -0.4 is 10.5 Å². The van der Waals surface area contributed by atoms with Crippen molar-refractivity contribution in [3.05, 3.63) is 30.1 Å². The summed E-state index contributed by atoms with van der Waals surface area (Å²) in [6.45, 7) is 3.49. The van der Waals surface area contributed by atoms with Crippen molar-refractivity contribution in [3.8, 4) is 5.75 Å². The third kappa shape index (κ3) is 3.58. The minimum atomic E-state index is -0.915. The van der Waals surface area contributed by atoms with E-state index in [-0.39, 0.29) is 6.61 Å². The highest BCUT2D eigenvalue weighted by molar-refractivity contribution is 5.94. The molecule has 1 amide bonds. The molecule has 0 saturated carbocycles. The van der Waals surface area contributed by atoms with Crippen molar-refractivity contribution in [2.75, 3.05) is 6.61 Å². The van der Waals surface area contributed by atoms with Gasteiger partial charge in [0.05, 0.1) is 11.8 Å². The van der Waals surface area contributed by atoms with Gasteiger partial charge in [0.15, 0.2) is 0 Å². The molecule has 6 nitrogen and oxygen atoms in total. The Balaban J connectivity index is 2.27. The molecule has 2 heterocycles. The van der Waals surface area contributed by atoms with Crippen LogP contribution in [0.1, 0.15) is 19.4 Å². The normalized spacial score (nSPS) is 12.2. The molecule has 0 aliphatic heterocycles. The molecule has 0 atom stereocenters. The number of nitrogens with two attached hydrogens (primary N) is 1. The van der Waals surface area contributed by atoms with E-state index >= 15 is 0 Å². The third-order valence-corrected chi connectivity index (χ3v) is 2.56. The molecule has 2 rings (SSSR count). The smallest absolute Gasteiger partial charge is 0.241 e. The Morgan fingerprint density at radius 3 is 3.00 bits per heavy atom. The Labute approximate surface area is 116 Å². The molecule has 0 fully saturated rings. The highest BCUT2D eigenvalue weighted by Crippen LogP contribution is 2.23. The number of aromatic amines is 1. The standard InChI is InChI=1S/C14H17N3O3/c1-14(2,19)8-20-10-5-11-9(3-4-12(15)18)6-16-13(11)17-7-10/h3-7,19H,8H2,1-2H3,(H2,15,18)(H,16,17). The lowest BCUT2D eigenvalue weighted by atomic mass is 10.1. The van der Waals surface area contributed by atoms with E-state index in [0.717, 1.165) is 10.9 Å². The van der Waals surface area contributed by atoms with E-state index in [1.54, 1.807) is 38.4 Å². The zero-order valence-electron chi connectivity index (χ0n) is 11.4. The van der Waals surface area contributed by atoms with Crippen LogP contribution in [0.2, 0.25) is 0 Å². The van der Waals surface area contributed by atoms with E-state index in [2.05, 4.69) is 9.97 Å². The molecule has 0 radical (unpaired) electrons. The first kappa shape index (κ1) is 14.1. The van der Waals surface area contributed by atoms with E-state index < -0.39 is 11.5 Å². The summed E-state index contributed by atoms with van der Waals surface area (Å²) in [5.41, 5.74) is 5.64. The molecule has 0 aromatic carbocycles. The topological polar surface area (TPSA) is 101 Å². The lowest BCUT2D eigenvalue weighted by Gasteiger charge is -2.17. The van der Waals surface area contributed by atoms with Crippen molar-refractivity contribution in [1.29, 1.82) is 0 Å². The van der Waals surface area contributed by atoms with E-state index in [9.17, 15) is 9.90 Å². The van der Waals surface area contributed by atoms with Gasteiger partial charge in [0.25, 0.3) is 0 Å². The zero-order chi connectivity index (χ0) is 14.8. The van der Waals surface area contributed by atoms with Gasteiger partial charge in [-0.3, -0.25) is 4.79 Å². The van der Waals surface area contributed by atoms with Crippen LogP contribution in [0.4, 0.5) is 0 Å². The van der Waals surface area contributed by atoms with Crippen LogP contribution in [0, 0.1) is 0 Å². The maximum atomic E-state index is 10.8. The second-order valence-electron chi connectivity index (χ2n) is 5.15. The van der Waals surface area contributed by atoms with Gasteiger partial charge in [0.2, 0.25) is 5.91 Å². The Morgan fingerprint density at radius 1 is 1.60 bits per heavy atom. The van der Waals surface area contributed by atoms with Crippen LogP contribution in [0.3, 0.4) is 0 Å². The first-order valence-corrected chi connectivity index (χ1v) is 6.15. The molecule has 0 saturated heterocycles. The number of ether oxygens (including phenoxy) is 1. The minimum Gasteiger partial charge on any atom is -0.489 e. The van der Waals surface area contributed by atoms with E-state index in [4.69, 9.17) is 10.5 Å². The molecular formula is C14H17N3O3. The highest BCUT2D eigenvalue weighted by atomic mass is 16.5. The number of fused-ring (bicyclic) bond motifs is 1. The minimum absolute atomic E-state index is 0.164. The van der Waals surface area contributed by atoms with Crippen molar-refractivity contribution >= 4 is 23.0 Å². The molecule has 106 valence electrons. The fourth-order valence-electron chi connectivity index (χ4n) is 1.65. The van der Waals surface area contributed by atoms with Crippen LogP contribution in [-0.4, -0.2) is 33.2 Å². The van der Waals surface area contributed by atoms with Crippen LogP contribution in [-0.2, 0) is 4.79 Å². The van der Waals surface area contributed by atoms with Crippen molar-refractivity contribution in [1.82, 2.24) is 9.97 Å². The van der Waals surface area contributed by atoms with Crippen molar-refractivity contribution < 1.29 is 14.6 Å². The molecule has 4 N–H and O–H groups in total. The van der Waals surface area contributed by atoms with Gasteiger partial charge in [0, 0.05) is 23.2 Å². The van der Waals surface area contributed by atoms with Gasteiger partial charge in [-0.2, -0.15) is 0 Å². The van der Waals surface area contributed by atoms with Gasteiger partial charge in [-0.15, -0.1) is 0 Å². The lowest BCUT2D eigenvalue weighted by molar-refractivity contribution is -0.113. The fourth-order valence-corrected chi connectivity index (χ4v) is 1.65. The number of amides is 1. The predicted octanol–water partition coefficient (Wildman–Crippen LogP) is 1.21. The molecular weight excluding hydrogens is 258 g/mol. The first-order valence-electron chi connectivity index (χ1n) is 6.15. The van der Waals surface area contributed by atoms with Gasteiger partial charge in [-0.1, -0.05) is 0 Å². The number of rotatable bonds is 5. The maximum absolute atomic E-state index is 10.8. The molecule has 0 aliphatic carbocycles. The van der Waals surface area contributed by atoms with E-state index in [1.165, 1.54) is 6.08 Å². The fraction of sp³-hybridized carbons (Fsp3) is 0.286. The monoisotopic (exact) mass is 275 g/mol. The van der Waals surface area contributed by atoms with Gasteiger partial charge in [-0.05, 0) is 26.0 Å². The number of aliphatic hydroxyl groups is 1. The van der Waals surface area contributed by atoms with E-state index in [0.29, 0.717) is 11.4 Å². The van der Waals surface area contributed by atoms with Crippen LogP contribution >= 0.6 is 0 Å². The predicted molar refractivity (Wildman–Crippen MR) is 76.1 cm³/mol. The second kappa shape index (κ2) is 5.34. The number of hydrogen-bond donors (Lipinski definition) is 3. The van der Waals surface area contributed by atoms with Gasteiger partial charge >= 0.3 is 0 Å². The van der Waals surface area contributed by atoms with E-state index in [1.807, 2.05) is 0 Å². The highest BCUT2D eigenvalue weighted by Gasteiger charge is 2.14. The van der Waals surface area contributed by atoms with Crippen molar-refractivity contribution in [2.24, 2.45) is 5.73 Å². The molecule has 2 aromatic heterocycles. The summed E-state index contributed by atoms with van der Waals surface area (Å²) in [6, 6.07) is 1.80. The number of aromatic nitrogens is 2. The molecule has 0 bridgehead atoms. The number of carbonyl (C=O) groups is 1. The summed E-state index contributed by atoms with van der Waals surface area (Å²) < 4.78 is 5.49. The first-order chi connectivity index (χ1) is 9.35. The number of primary amides is 1. The molecule has 0 spiro atoms. The largest absolute Gasteiger partial charge is 0.489 e. The number of nitrogens with zero attached hydrogens (tertiary/aromatic N) is 1. The third-order valence-electron chi connectivity index (χ3n) is 2.56. The van der Waals surface area contributed by atoms with Gasteiger partial charge < -0.3 is 20.6 Å². The number of H-pyrrole nitrogens is 1. The molecule has 20 heavy (non-hydrogen) atoms. The zero-order valence-corrected chi connectivity index (χ0v) is 11.4. The van der Waals surface area contributed by atoms with Crippen LogP contribution in [0.5, 0.6) is 5.75 Å². The number of carbonyl (C=O) groups excluding carboxylic acids is 1.